The van der Waals surface area contributed by atoms with Gasteiger partial charge in [0.25, 0.3) is 0 Å². The highest BCUT2D eigenvalue weighted by atomic mass is 19.1. The summed E-state index contributed by atoms with van der Waals surface area (Å²) in [4.78, 5) is 24.1. The van der Waals surface area contributed by atoms with E-state index in [1.54, 1.807) is 34.6 Å². The highest BCUT2D eigenvalue weighted by molar-refractivity contribution is 5.84. The molecule has 5 nitrogen and oxygen atoms in total. The molecule has 1 rings (SSSR count). The molecule has 0 aromatic heterocycles. The molecule has 0 radical (unpaired) electrons. The van der Waals surface area contributed by atoms with Gasteiger partial charge in [-0.1, -0.05) is 0 Å². The Morgan fingerprint density at radius 3 is 2.12 bits per heavy atom. The molecule has 0 aliphatic carbocycles. The molecule has 0 amide bonds. The third-order valence-corrected chi connectivity index (χ3v) is 3.46. The Bertz CT molecular complexity index is 629. The first-order chi connectivity index (χ1) is 10.9. The molecule has 6 heteroatoms. The van der Waals surface area contributed by atoms with Gasteiger partial charge in [0.15, 0.2) is 0 Å². The van der Waals surface area contributed by atoms with Gasteiger partial charge in [0.1, 0.15) is 17.2 Å². The summed E-state index contributed by atoms with van der Waals surface area (Å²) < 4.78 is 29.5. The maximum absolute atomic E-state index is 14.1. The first-order valence-electron chi connectivity index (χ1n) is 7.59. The van der Waals surface area contributed by atoms with Crippen molar-refractivity contribution < 1.29 is 28.2 Å². The Labute approximate surface area is 142 Å². The molecule has 1 aromatic carbocycles. The lowest BCUT2D eigenvalue weighted by atomic mass is 9.82. The Hall–Kier alpha value is -2.11. The van der Waals surface area contributed by atoms with Gasteiger partial charge in [-0.15, -0.1) is 0 Å². The number of benzene rings is 1. The molecule has 0 aliphatic rings. The van der Waals surface area contributed by atoms with Crippen LogP contribution in [0.4, 0.5) is 4.39 Å². The van der Waals surface area contributed by atoms with Crippen LogP contribution >= 0.6 is 0 Å². The van der Waals surface area contributed by atoms with E-state index in [4.69, 9.17) is 14.2 Å². The standard InChI is InChI=1S/C18H25FO5/c1-17(2,3)24-14(20)9-11-8-12(19)10-13(15(11)22-6)18(4,5)16(21)23-7/h8,10H,9H2,1-7H3. The van der Waals surface area contributed by atoms with Crippen molar-refractivity contribution in [2.75, 3.05) is 14.2 Å². The van der Waals surface area contributed by atoms with Crippen molar-refractivity contribution >= 4 is 11.9 Å². The average Bonchev–Trinajstić information content (AvgIpc) is 2.43. The highest BCUT2D eigenvalue weighted by Crippen LogP contribution is 2.36. The summed E-state index contributed by atoms with van der Waals surface area (Å²) in [6.07, 6.45) is -0.164. The predicted octanol–water partition coefficient (Wildman–Crippen LogP) is 3.17. The Kier molecular flexibility index (Phi) is 5.98. The number of carbonyl (C=O) groups is 2. The van der Waals surface area contributed by atoms with Crippen LogP contribution in [-0.4, -0.2) is 31.8 Å². The van der Waals surface area contributed by atoms with Crippen LogP contribution in [0.1, 0.15) is 45.7 Å². The summed E-state index contributed by atoms with van der Waals surface area (Å²) in [5.74, 6) is -1.33. The molecule has 134 valence electrons. The van der Waals surface area contributed by atoms with Crippen LogP contribution in [0.3, 0.4) is 0 Å². The van der Waals surface area contributed by atoms with Crippen LogP contribution < -0.4 is 4.74 Å². The second kappa shape index (κ2) is 7.20. The molecule has 0 heterocycles. The molecule has 0 N–H and O–H groups in total. The van der Waals surface area contributed by atoms with E-state index in [-0.39, 0.29) is 12.2 Å². The number of rotatable bonds is 5. The normalized spacial score (nSPS) is 11.8. The zero-order chi connectivity index (χ0) is 18.7. The Morgan fingerprint density at radius 2 is 1.67 bits per heavy atom. The van der Waals surface area contributed by atoms with Gasteiger partial charge in [-0.25, -0.2) is 4.39 Å². The van der Waals surface area contributed by atoms with E-state index in [1.807, 2.05) is 0 Å². The molecule has 24 heavy (non-hydrogen) atoms. The third kappa shape index (κ3) is 4.69. The van der Waals surface area contributed by atoms with Gasteiger partial charge in [-0.2, -0.15) is 0 Å². The molecule has 1 aromatic rings. The summed E-state index contributed by atoms with van der Waals surface area (Å²) in [7, 11) is 2.67. The summed E-state index contributed by atoms with van der Waals surface area (Å²) in [6.45, 7) is 8.46. The first-order valence-corrected chi connectivity index (χ1v) is 7.59. The zero-order valence-corrected chi connectivity index (χ0v) is 15.3. The van der Waals surface area contributed by atoms with Crippen LogP contribution in [0.15, 0.2) is 12.1 Å². The maximum Gasteiger partial charge on any atom is 0.315 e. The topological polar surface area (TPSA) is 61.8 Å². The number of halogens is 1. The molecule has 0 atom stereocenters. The second-order valence-electron chi connectivity index (χ2n) is 7.03. The predicted molar refractivity (Wildman–Crippen MR) is 87.5 cm³/mol. The van der Waals surface area contributed by atoms with Gasteiger partial charge in [0.2, 0.25) is 0 Å². The van der Waals surface area contributed by atoms with E-state index >= 15 is 0 Å². The summed E-state index contributed by atoms with van der Waals surface area (Å²) in [6, 6.07) is 2.42. The minimum absolute atomic E-state index is 0.164. The van der Waals surface area contributed by atoms with Gasteiger partial charge in [-0.3, -0.25) is 9.59 Å². The van der Waals surface area contributed by atoms with E-state index in [1.165, 1.54) is 26.4 Å². The first kappa shape index (κ1) is 19.9. The molecule has 0 spiro atoms. The average molecular weight is 340 g/mol. The zero-order valence-electron chi connectivity index (χ0n) is 15.3. The number of ether oxygens (including phenoxy) is 3. The summed E-state index contributed by atoms with van der Waals surface area (Å²) in [5.41, 5.74) is -1.15. The fourth-order valence-electron chi connectivity index (χ4n) is 2.38. The molecule has 0 fully saturated rings. The van der Waals surface area contributed by atoms with Gasteiger partial charge >= 0.3 is 11.9 Å². The van der Waals surface area contributed by atoms with Crippen molar-refractivity contribution in [2.45, 2.75) is 52.1 Å². The van der Waals surface area contributed by atoms with E-state index in [2.05, 4.69) is 0 Å². The van der Waals surface area contributed by atoms with Crippen LogP contribution in [0.25, 0.3) is 0 Å². The van der Waals surface area contributed by atoms with Crippen molar-refractivity contribution in [3.05, 3.63) is 29.1 Å². The fraction of sp³-hybridized carbons (Fsp3) is 0.556. The van der Waals surface area contributed by atoms with E-state index in [9.17, 15) is 14.0 Å². The van der Waals surface area contributed by atoms with Crippen LogP contribution in [-0.2, 0) is 30.9 Å². The minimum Gasteiger partial charge on any atom is -0.496 e. The van der Waals surface area contributed by atoms with Gasteiger partial charge in [-0.05, 0) is 46.8 Å². The quantitative estimate of drug-likeness (QED) is 0.771. The Morgan fingerprint density at radius 1 is 1.08 bits per heavy atom. The molecule has 0 saturated heterocycles. The maximum atomic E-state index is 14.1. The number of methoxy groups -OCH3 is 2. The lowest BCUT2D eigenvalue weighted by molar-refractivity contribution is -0.154. The minimum atomic E-state index is -1.13. The largest absolute Gasteiger partial charge is 0.496 e. The van der Waals surface area contributed by atoms with Crippen LogP contribution in [0.5, 0.6) is 5.75 Å². The van der Waals surface area contributed by atoms with E-state index < -0.39 is 28.8 Å². The molecule has 0 saturated carbocycles. The fourth-order valence-corrected chi connectivity index (χ4v) is 2.38. The number of esters is 2. The van der Waals surface area contributed by atoms with Gasteiger partial charge < -0.3 is 14.2 Å². The number of carbonyl (C=O) groups excluding carboxylic acids is 2. The lowest BCUT2D eigenvalue weighted by Crippen LogP contribution is -2.31. The highest BCUT2D eigenvalue weighted by Gasteiger charge is 2.35. The van der Waals surface area contributed by atoms with Crippen molar-refractivity contribution in [3.63, 3.8) is 0 Å². The van der Waals surface area contributed by atoms with Crippen LogP contribution in [0, 0.1) is 5.82 Å². The van der Waals surface area contributed by atoms with E-state index in [0.29, 0.717) is 11.1 Å². The number of hydrogen-bond acceptors (Lipinski definition) is 5. The third-order valence-electron chi connectivity index (χ3n) is 3.46. The monoisotopic (exact) mass is 340 g/mol. The Balaban J connectivity index is 3.33. The SMILES string of the molecule is COC(=O)C(C)(C)c1cc(F)cc(CC(=O)OC(C)(C)C)c1OC. The van der Waals surface area contributed by atoms with Crippen molar-refractivity contribution in [3.8, 4) is 5.75 Å². The smallest absolute Gasteiger partial charge is 0.315 e. The van der Waals surface area contributed by atoms with Gasteiger partial charge in [0.05, 0.1) is 26.1 Å². The van der Waals surface area contributed by atoms with Crippen molar-refractivity contribution in [1.29, 1.82) is 0 Å². The molecular weight excluding hydrogens is 315 g/mol. The lowest BCUT2D eigenvalue weighted by Gasteiger charge is -2.26. The van der Waals surface area contributed by atoms with Crippen molar-refractivity contribution in [2.24, 2.45) is 0 Å². The summed E-state index contributed by atoms with van der Waals surface area (Å²) >= 11 is 0. The molecule has 0 bridgehead atoms. The molecule has 0 aliphatic heterocycles. The van der Waals surface area contributed by atoms with Gasteiger partial charge in [0, 0.05) is 11.1 Å². The molecule has 0 unspecified atom stereocenters. The van der Waals surface area contributed by atoms with Crippen LogP contribution in [0.2, 0.25) is 0 Å². The van der Waals surface area contributed by atoms with E-state index in [0.717, 1.165) is 0 Å². The summed E-state index contributed by atoms with van der Waals surface area (Å²) in [5, 5.41) is 0. The second-order valence-corrected chi connectivity index (χ2v) is 7.03. The van der Waals surface area contributed by atoms with Crippen molar-refractivity contribution in [1.82, 2.24) is 0 Å². The number of hydrogen-bond donors (Lipinski definition) is 0. The molecular formula is C18H25FO5.